The van der Waals surface area contributed by atoms with Crippen molar-refractivity contribution < 1.29 is 37.1 Å². The number of carbonyl (C=O) groups is 2. The molecule has 280 valence electrons. The number of aliphatic hydroxyl groups excluding tert-OH is 1. The van der Waals surface area contributed by atoms with Gasteiger partial charge in [0.25, 0.3) is 15.9 Å². The number of likely N-dealkylation sites (N-methyl/N-ethyl adjacent to an activating group) is 1. The van der Waals surface area contributed by atoms with Crippen LogP contribution in [0.15, 0.2) is 70.1 Å². The number of nitrogens with zero attached hydrogens (tertiary/aromatic N) is 3. The molecule has 3 aromatic carbocycles. The summed E-state index contributed by atoms with van der Waals surface area (Å²) in [4.78, 5) is 31.0. The van der Waals surface area contributed by atoms with Crippen LogP contribution in [0, 0.1) is 19.8 Å². The van der Waals surface area contributed by atoms with Gasteiger partial charge in [-0.3, -0.25) is 9.52 Å². The summed E-state index contributed by atoms with van der Waals surface area (Å²) < 4.78 is 47.0. The lowest BCUT2D eigenvalue weighted by molar-refractivity contribution is -0.0115. The van der Waals surface area contributed by atoms with Crippen LogP contribution in [0.25, 0.3) is 10.8 Å². The van der Waals surface area contributed by atoms with Gasteiger partial charge in [-0.05, 0) is 76.6 Å². The van der Waals surface area contributed by atoms with Gasteiger partial charge in [0.1, 0.15) is 11.4 Å². The molecule has 1 aliphatic heterocycles. The average molecular weight is 736 g/mol. The lowest BCUT2D eigenvalue weighted by Crippen LogP contribution is -2.48. The van der Waals surface area contributed by atoms with Crippen LogP contribution in [0.2, 0.25) is 0 Å². The second kappa shape index (κ2) is 16.8. The first kappa shape index (κ1) is 38.6. The summed E-state index contributed by atoms with van der Waals surface area (Å²) in [6.45, 7) is 9.21. The van der Waals surface area contributed by atoms with Crippen molar-refractivity contribution in [1.29, 1.82) is 0 Å². The Bertz CT molecular complexity index is 1960. The smallest absolute Gasteiger partial charge is 0.321 e. The molecular weight excluding hydrogens is 687 g/mol. The third kappa shape index (κ3) is 9.03. The van der Waals surface area contributed by atoms with Crippen LogP contribution in [0.3, 0.4) is 0 Å². The molecule has 0 spiro atoms. The van der Waals surface area contributed by atoms with E-state index in [1.807, 2.05) is 56.3 Å². The van der Waals surface area contributed by atoms with Crippen molar-refractivity contribution in [3.63, 3.8) is 0 Å². The van der Waals surface area contributed by atoms with Crippen molar-refractivity contribution in [3.8, 4) is 5.75 Å². The molecule has 0 saturated heterocycles. The van der Waals surface area contributed by atoms with Crippen molar-refractivity contribution in [2.24, 2.45) is 5.92 Å². The van der Waals surface area contributed by atoms with Gasteiger partial charge in [-0.25, -0.2) is 13.2 Å². The molecule has 3 amide bonds. The zero-order chi connectivity index (χ0) is 37.6. The van der Waals surface area contributed by atoms with E-state index in [4.69, 9.17) is 14.0 Å². The molecule has 0 unspecified atom stereocenters. The Morgan fingerprint density at radius 2 is 1.85 bits per heavy atom. The van der Waals surface area contributed by atoms with Crippen molar-refractivity contribution in [2.45, 2.75) is 77.0 Å². The van der Waals surface area contributed by atoms with E-state index < -0.39 is 28.1 Å². The zero-order valence-corrected chi connectivity index (χ0v) is 31.4. The molecule has 0 aliphatic carbocycles. The van der Waals surface area contributed by atoms with Gasteiger partial charge < -0.3 is 34.2 Å². The molecule has 4 aromatic rings. The molecule has 4 atom stereocenters. The fraction of sp³-hybridized carbons (Fsp3) is 0.447. The molecule has 0 saturated carbocycles. The van der Waals surface area contributed by atoms with Gasteiger partial charge in [0.05, 0.1) is 36.1 Å². The maximum absolute atomic E-state index is 14.5. The number of aryl methyl sites for hydroxylation is 2. The Morgan fingerprint density at radius 1 is 1.10 bits per heavy atom. The number of amides is 3. The van der Waals surface area contributed by atoms with E-state index in [1.54, 1.807) is 35.9 Å². The average Bonchev–Trinajstić information content (AvgIpc) is 3.47. The number of carbonyl (C=O) groups excluding carboxylic acids is 2. The molecule has 1 aromatic heterocycles. The van der Waals surface area contributed by atoms with Crippen molar-refractivity contribution in [1.82, 2.24) is 15.0 Å². The number of hydrogen-bond donors (Lipinski definition) is 3. The van der Waals surface area contributed by atoms with E-state index in [-0.39, 0.29) is 65.3 Å². The van der Waals surface area contributed by atoms with E-state index in [2.05, 4.69) is 15.2 Å². The third-order valence-electron chi connectivity index (χ3n) is 9.37. The first-order valence-corrected chi connectivity index (χ1v) is 19.1. The molecule has 0 radical (unpaired) electrons. The maximum Gasteiger partial charge on any atom is 0.321 e. The highest BCUT2D eigenvalue weighted by atomic mass is 32.2. The highest BCUT2D eigenvalue weighted by Crippen LogP contribution is 2.31. The Labute approximate surface area is 305 Å². The van der Waals surface area contributed by atoms with Gasteiger partial charge in [0, 0.05) is 43.7 Å². The molecule has 14 heteroatoms. The summed E-state index contributed by atoms with van der Waals surface area (Å²) in [5, 5.41) is 19.0. The van der Waals surface area contributed by atoms with Crippen molar-refractivity contribution in [3.05, 3.63) is 77.7 Å². The van der Waals surface area contributed by atoms with Gasteiger partial charge >= 0.3 is 6.03 Å². The molecule has 2 heterocycles. The van der Waals surface area contributed by atoms with Crippen LogP contribution in [0.5, 0.6) is 5.75 Å². The number of ether oxygens (including phenoxy) is 2. The summed E-state index contributed by atoms with van der Waals surface area (Å²) in [5.74, 6) is -0.290. The lowest BCUT2D eigenvalue weighted by Gasteiger charge is -2.35. The number of benzene rings is 3. The Morgan fingerprint density at radius 3 is 2.58 bits per heavy atom. The number of anilines is 2. The highest BCUT2D eigenvalue weighted by Gasteiger charge is 2.32. The molecule has 5 rings (SSSR count). The first-order valence-electron chi connectivity index (χ1n) is 17.6. The van der Waals surface area contributed by atoms with Gasteiger partial charge in [-0.15, -0.1) is 0 Å². The largest absolute Gasteiger partial charge is 0.490 e. The van der Waals surface area contributed by atoms with Crippen LogP contribution in [0.4, 0.5) is 16.2 Å². The van der Waals surface area contributed by atoms with Crippen LogP contribution >= 0.6 is 0 Å². The second-order valence-electron chi connectivity index (χ2n) is 13.6. The SMILES string of the molecule is Cc1noc(C)c1S(=O)(=O)Nc1ccc2c(c1)C(=O)N([C@@H](C)CO)C[C@@H](C)[C@@H](CN(C)C(=O)Nc1cccc3ccccc13)OCCCC[C@H](C)O2. The summed E-state index contributed by atoms with van der Waals surface area (Å²) in [5.41, 5.74) is 1.20. The molecule has 1 aliphatic rings. The summed E-state index contributed by atoms with van der Waals surface area (Å²) in [6, 6.07) is 17.3. The maximum atomic E-state index is 14.5. The van der Waals surface area contributed by atoms with E-state index in [0.717, 1.165) is 23.6 Å². The molecule has 0 bridgehead atoms. The predicted octanol–water partition coefficient (Wildman–Crippen LogP) is 6.20. The lowest BCUT2D eigenvalue weighted by atomic mass is 10.0. The number of urea groups is 1. The van der Waals surface area contributed by atoms with Crippen LogP contribution in [-0.2, 0) is 14.8 Å². The van der Waals surface area contributed by atoms with Crippen LogP contribution in [-0.4, -0.2) is 92.0 Å². The highest BCUT2D eigenvalue weighted by molar-refractivity contribution is 7.92. The molecule has 52 heavy (non-hydrogen) atoms. The number of aliphatic hydroxyl groups is 1. The third-order valence-corrected chi connectivity index (χ3v) is 11.0. The quantitative estimate of drug-likeness (QED) is 0.191. The number of fused-ring (bicyclic) bond motifs is 2. The number of aromatic nitrogens is 1. The fourth-order valence-electron chi connectivity index (χ4n) is 6.41. The summed E-state index contributed by atoms with van der Waals surface area (Å²) >= 11 is 0. The Hall–Kier alpha value is -4.66. The zero-order valence-electron chi connectivity index (χ0n) is 30.6. The number of nitrogens with one attached hydrogen (secondary N) is 2. The van der Waals surface area contributed by atoms with Gasteiger partial charge in [-0.1, -0.05) is 48.5 Å². The van der Waals surface area contributed by atoms with Gasteiger partial charge in [-0.2, -0.15) is 0 Å². The monoisotopic (exact) mass is 735 g/mol. The molecule has 13 nitrogen and oxygen atoms in total. The van der Waals surface area contributed by atoms with E-state index in [1.165, 1.54) is 19.9 Å². The Kier molecular flexibility index (Phi) is 12.4. The number of hydrogen-bond acceptors (Lipinski definition) is 9. The van der Waals surface area contributed by atoms with E-state index >= 15 is 0 Å². The van der Waals surface area contributed by atoms with E-state index in [9.17, 15) is 23.1 Å². The normalized spacial score (nSPS) is 19.6. The first-order chi connectivity index (χ1) is 24.8. The number of sulfonamides is 1. The molecular formula is C38H49N5O8S. The molecule has 0 fully saturated rings. The summed E-state index contributed by atoms with van der Waals surface area (Å²) in [7, 11) is -2.39. The van der Waals surface area contributed by atoms with Crippen molar-refractivity contribution >= 4 is 44.1 Å². The molecule has 3 N–H and O–H groups in total. The minimum atomic E-state index is -4.10. The number of rotatable bonds is 8. The fourth-order valence-corrected chi connectivity index (χ4v) is 7.79. The standard InChI is InChI=1S/C38H49N5O8S/c1-24-21-43(25(2)23-44)37(45)32-20-30(41-52(47,48)36-27(4)40-51-28(36)5)17-18-34(32)50-26(3)12-9-10-19-49-35(24)22-42(6)38(46)39-33-16-11-14-29-13-7-8-15-31(29)33/h7-8,11,13-18,20,24-26,35,41,44H,9-10,12,19,21-23H2,1-6H3,(H,39,46)/t24-,25+,26+,35-/m1/s1. The van der Waals surface area contributed by atoms with E-state index in [0.29, 0.717) is 24.5 Å². The second-order valence-corrected chi connectivity index (χ2v) is 15.2. The van der Waals surface area contributed by atoms with Gasteiger partial charge in [0.15, 0.2) is 10.7 Å². The van der Waals surface area contributed by atoms with Gasteiger partial charge in [0.2, 0.25) is 0 Å². The Balaban J connectivity index is 1.41. The van der Waals surface area contributed by atoms with Crippen LogP contribution < -0.4 is 14.8 Å². The topological polar surface area (TPSA) is 164 Å². The van der Waals surface area contributed by atoms with Crippen molar-refractivity contribution in [2.75, 3.05) is 43.4 Å². The summed E-state index contributed by atoms with van der Waals surface area (Å²) in [6.07, 6.45) is 1.52. The van der Waals surface area contributed by atoms with Crippen LogP contribution in [0.1, 0.15) is 61.8 Å². The predicted molar refractivity (Wildman–Crippen MR) is 199 cm³/mol. The minimum Gasteiger partial charge on any atom is -0.490 e. The minimum absolute atomic E-state index is 0.0741.